The van der Waals surface area contributed by atoms with Crippen molar-refractivity contribution in [1.82, 2.24) is 4.90 Å². The second-order valence-corrected chi connectivity index (χ2v) is 15.1. The Morgan fingerprint density at radius 1 is 0.784 bits per heavy atom. The molecule has 1 fully saturated rings. The van der Waals surface area contributed by atoms with Gasteiger partial charge in [0.1, 0.15) is 0 Å². The minimum atomic E-state index is -0.543. The molecule has 7 nitrogen and oxygen atoms in total. The molecule has 1 aliphatic carbocycles. The summed E-state index contributed by atoms with van der Waals surface area (Å²) in [5, 5.41) is 9.58. The Morgan fingerprint density at radius 2 is 1.35 bits per heavy atom. The van der Waals surface area contributed by atoms with Crippen molar-refractivity contribution in [1.29, 1.82) is 0 Å². The van der Waals surface area contributed by atoms with Gasteiger partial charge in [-0.25, -0.2) is 4.79 Å². The van der Waals surface area contributed by atoms with Crippen LogP contribution in [0, 0.1) is 11.3 Å². The number of rotatable bonds is 34. The van der Waals surface area contributed by atoms with Crippen LogP contribution in [-0.2, 0) is 18.9 Å². The normalized spacial score (nSPS) is 18.2. The lowest BCUT2D eigenvalue weighted by Gasteiger charge is -2.40. The third-order valence-corrected chi connectivity index (χ3v) is 10.3. The highest BCUT2D eigenvalue weighted by atomic mass is 16.7. The number of carbonyl (C=O) groups is 1. The number of aliphatic hydroxyl groups is 1. The molecule has 0 spiro atoms. The summed E-state index contributed by atoms with van der Waals surface area (Å²) in [6.45, 7) is 18.4. The van der Waals surface area contributed by atoms with E-state index in [0.29, 0.717) is 25.7 Å². The number of unbranched alkanes of at least 4 members (excludes halogenated alkanes) is 10. The molecule has 0 bridgehead atoms. The van der Waals surface area contributed by atoms with Crippen molar-refractivity contribution in [2.45, 2.75) is 175 Å². The first kappa shape index (κ1) is 47.4. The fourth-order valence-electron chi connectivity index (χ4n) is 7.37. The lowest BCUT2D eigenvalue weighted by atomic mass is 9.65. The lowest BCUT2D eigenvalue weighted by molar-refractivity contribution is -0.147. The third kappa shape index (κ3) is 26.7. The first-order valence-electron chi connectivity index (χ1n) is 21.2. The summed E-state index contributed by atoms with van der Waals surface area (Å²) in [5.41, 5.74) is 1.54. The number of nitrogens with zero attached hydrogens (tertiary/aromatic N) is 1. The molecular weight excluding hydrogens is 638 g/mol. The highest BCUT2D eigenvalue weighted by Crippen LogP contribution is 2.46. The molecule has 0 aromatic rings. The van der Waals surface area contributed by atoms with E-state index in [0.717, 1.165) is 129 Å². The summed E-state index contributed by atoms with van der Waals surface area (Å²) in [5.74, 6) is 0.650. The van der Waals surface area contributed by atoms with Crippen molar-refractivity contribution in [3.8, 4) is 0 Å². The van der Waals surface area contributed by atoms with Crippen molar-refractivity contribution in [2.24, 2.45) is 11.3 Å². The van der Waals surface area contributed by atoms with Crippen molar-refractivity contribution >= 4 is 6.16 Å². The van der Waals surface area contributed by atoms with Crippen LogP contribution in [0.1, 0.15) is 169 Å². The van der Waals surface area contributed by atoms with Gasteiger partial charge in [0.15, 0.2) is 6.29 Å². The van der Waals surface area contributed by atoms with Gasteiger partial charge in [-0.1, -0.05) is 89.8 Å². The van der Waals surface area contributed by atoms with Crippen molar-refractivity contribution < 1.29 is 28.8 Å². The number of ether oxygens (including phenoxy) is 4. The first-order chi connectivity index (χ1) is 24.9. The molecule has 1 saturated carbocycles. The summed E-state index contributed by atoms with van der Waals surface area (Å²) in [6.07, 6.45) is 32.4. The van der Waals surface area contributed by atoms with Crippen LogP contribution in [0.4, 0.5) is 4.79 Å². The quantitative estimate of drug-likeness (QED) is 0.0307. The summed E-state index contributed by atoms with van der Waals surface area (Å²) in [7, 11) is 0. The minimum absolute atomic E-state index is 0.0803. The van der Waals surface area contributed by atoms with Gasteiger partial charge in [0, 0.05) is 19.8 Å². The summed E-state index contributed by atoms with van der Waals surface area (Å²) >= 11 is 0. The van der Waals surface area contributed by atoms with E-state index in [1.165, 1.54) is 44.1 Å². The highest BCUT2D eigenvalue weighted by molar-refractivity contribution is 5.59. The lowest BCUT2D eigenvalue weighted by Crippen LogP contribution is -2.30. The molecule has 51 heavy (non-hydrogen) atoms. The molecule has 1 N–H and O–H groups in total. The molecule has 7 heteroatoms. The smallest absolute Gasteiger partial charge is 0.434 e. The molecule has 0 aromatic heterocycles. The number of hydrogen-bond acceptors (Lipinski definition) is 7. The number of carbonyl (C=O) groups excluding carboxylic acids is 1. The van der Waals surface area contributed by atoms with Gasteiger partial charge in [0.25, 0.3) is 0 Å². The van der Waals surface area contributed by atoms with Crippen molar-refractivity contribution in [3.05, 3.63) is 36.5 Å². The number of aliphatic hydroxyl groups excluding tert-OH is 1. The SMILES string of the molecule is C=C1CC(C)CC(CC)(CCOC(=O)OCCCCCN(CCO)CCCCCCCC(OCCCC/C=C\CC)OCCCC/C=C\CC)C1. The average Bonchev–Trinajstić information content (AvgIpc) is 3.10. The Bertz CT molecular complexity index is 867. The standard InChI is InChI=1S/C44H81NO6/c1-6-9-11-13-18-24-33-48-42(49-34-25-19-14-12-10-7-2)27-21-16-15-17-22-29-45(31-32-46)30-23-20-26-35-50-43(47)51-36-28-44(8-3)38-40(4)37-41(5)39-44/h9-12,41-42,46H,4,6-8,13-39H2,1-3,5H3/b11-9-,12-10-. The van der Waals surface area contributed by atoms with Gasteiger partial charge in [-0.15, -0.1) is 0 Å². The summed E-state index contributed by atoms with van der Waals surface area (Å²) in [4.78, 5) is 14.5. The topological polar surface area (TPSA) is 77.5 Å². The minimum Gasteiger partial charge on any atom is -0.434 e. The molecule has 0 saturated heterocycles. The van der Waals surface area contributed by atoms with E-state index in [4.69, 9.17) is 18.9 Å². The van der Waals surface area contributed by atoms with Gasteiger partial charge in [0.05, 0.1) is 19.8 Å². The maximum absolute atomic E-state index is 12.1. The Labute approximate surface area is 315 Å². The van der Waals surface area contributed by atoms with Gasteiger partial charge in [-0.3, -0.25) is 0 Å². The van der Waals surface area contributed by atoms with Crippen molar-refractivity contribution in [3.63, 3.8) is 0 Å². The number of hydrogen-bond donors (Lipinski definition) is 1. The second kappa shape index (κ2) is 32.9. The molecule has 1 aliphatic rings. The zero-order valence-corrected chi connectivity index (χ0v) is 33.8. The Kier molecular flexibility index (Phi) is 30.6. The van der Waals surface area contributed by atoms with Gasteiger partial charge in [-0.2, -0.15) is 0 Å². The molecule has 0 aliphatic heterocycles. The fraction of sp³-hybridized carbons (Fsp3) is 0.841. The predicted molar refractivity (Wildman–Crippen MR) is 214 cm³/mol. The van der Waals surface area contributed by atoms with Crippen LogP contribution in [-0.4, -0.2) is 75.1 Å². The van der Waals surface area contributed by atoms with Gasteiger partial charge < -0.3 is 29.0 Å². The Balaban J connectivity index is 2.17. The zero-order chi connectivity index (χ0) is 37.3. The predicted octanol–water partition coefficient (Wildman–Crippen LogP) is 11.7. The van der Waals surface area contributed by atoms with Crippen LogP contribution < -0.4 is 0 Å². The van der Waals surface area contributed by atoms with Crippen LogP contribution in [0.15, 0.2) is 36.5 Å². The van der Waals surface area contributed by atoms with Gasteiger partial charge in [-0.05, 0) is 140 Å². The van der Waals surface area contributed by atoms with E-state index in [1.54, 1.807) is 0 Å². The molecular formula is C44H81NO6. The number of allylic oxidation sites excluding steroid dienone is 5. The first-order valence-corrected chi connectivity index (χ1v) is 21.2. The third-order valence-electron chi connectivity index (χ3n) is 10.3. The van der Waals surface area contributed by atoms with Crippen LogP contribution in [0.25, 0.3) is 0 Å². The van der Waals surface area contributed by atoms with E-state index in [1.807, 2.05) is 0 Å². The monoisotopic (exact) mass is 720 g/mol. The van der Waals surface area contributed by atoms with E-state index < -0.39 is 6.16 Å². The second-order valence-electron chi connectivity index (χ2n) is 15.1. The molecule has 0 heterocycles. The van der Waals surface area contributed by atoms with E-state index >= 15 is 0 Å². The van der Waals surface area contributed by atoms with Crippen LogP contribution >= 0.6 is 0 Å². The highest BCUT2D eigenvalue weighted by Gasteiger charge is 2.35. The summed E-state index contributed by atoms with van der Waals surface area (Å²) in [6, 6.07) is 0. The molecule has 0 aromatic carbocycles. The molecule has 0 radical (unpaired) electrons. The van der Waals surface area contributed by atoms with Gasteiger partial charge in [0.2, 0.25) is 0 Å². The fourth-order valence-corrected chi connectivity index (χ4v) is 7.37. The van der Waals surface area contributed by atoms with Crippen molar-refractivity contribution in [2.75, 3.05) is 52.7 Å². The molecule has 298 valence electrons. The van der Waals surface area contributed by atoms with E-state index in [-0.39, 0.29) is 18.3 Å². The maximum atomic E-state index is 12.1. The molecule has 2 atom stereocenters. The van der Waals surface area contributed by atoms with Crippen LogP contribution in [0.5, 0.6) is 0 Å². The van der Waals surface area contributed by atoms with Gasteiger partial charge >= 0.3 is 6.16 Å². The van der Waals surface area contributed by atoms with E-state index in [2.05, 4.69) is 63.5 Å². The Hall–Kier alpha value is -1.67. The molecule has 2 unspecified atom stereocenters. The van der Waals surface area contributed by atoms with Crippen LogP contribution in [0.3, 0.4) is 0 Å². The Morgan fingerprint density at radius 3 is 1.94 bits per heavy atom. The molecule has 1 rings (SSSR count). The van der Waals surface area contributed by atoms with E-state index in [9.17, 15) is 9.90 Å². The largest absolute Gasteiger partial charge is 0.508 e. The van der Waals surface area contributed by atoms with Crippen LogP contribution in [0.2, 0.25) is 0 Å². The average molecular weight is 720 g/mol. The zero-order valence-electron chi connectivity index (χ0n) is 33.8. The molecule has 0 amide bonds. The maximum Gasteiger partial charge on any atom is 0.508 e. The summed E-state index contributed by atoms with van der Waals surface area (Å²) < 4.78 is 23.1.